The molecule has 1 aliphatic rings. The van der Waals surface area contributed by atoms with Crippen LogP contribution in [0.2, 0.25) is 0 Å². The van der Waals surface area contributed by atoms with E-state index in [1.165, 1.54) is 32.2 Å². The maximum absolute atomic E-state index is 5.68. The van der Waals surface area contributed by atoms with Crippen LogP contribution in [-0.2, 0) is 4.74 Å². The van der Waals surface area contributed by atoms with Crippen molar-refractivity contribution in [2.75, 3.05) is 46.9 Å². The molecule has 16 heavy (non-hydrogen) atoms. The van der Waals surface area contributed by atoms with Crippen LogP contribution in [0.3, 0.4) is 0 Å². The van der Waals surface area contributed by atoms with Crippen molar-refractivity contribution in [1.29, 1.82) is 0 Å². The Morgan fingerprint density at radius 2 is 2.25 bits per heavy atom. The van der Waals surface area contributed by atoms with E-state index in [4.69, 9.17) is 4.74 Å². The van der Waals surface area contributed by atoms with Gasteiger partial charge in [-0.15, -0.1) is 0 Å². The zero-order valence-corrected chi connectivity index (χ0v) is 11.2. The van der Waals surface area contributed by atoms with Crippen LogP contribution < -0.4 is 5.32 Å². The standard InChI is InChI=1S/C13H28N2O/c1-4-5-8-15(3)11-13(10-14-2)7-6-9-16-12-13/h14H,4-12H2,1-3H3. The van der Waals surface area contributed by atoms with Crippen LogP contribution in [0.15, 0.2) is 0 Å². The van der Waals surface area contributed by atoms with Gasteiger partial charge in [-0.05, 0) is 39.9 Å². The molecule has 0 spiro atoms. The third kappa shape index (κ3) is 4.40. The van der Waals surface area contributed by atoms with Crippen LogP contribution in [0.4, 0.5) is 0 Å². The smallest absolute Gasteiger partial charge is 0.0546 e. The van der Waals surface area contributed by atoms with Crippen molar-refractivity contribution in [2.24, 2.45) is 5.41 Å². The molecule has 0 radical (unpaired) electrons. The van der Waals surface area contributed by atoms with E-state index in [1.807, 2.05) is 7.05 Å². The van der Waals surface area contributed by atoms with E-state index in [0.29, 0.717) is 5.41 Å². The molecule has 0 bridgehead atoms. The largest absolute Gasteiger partial charge is 0.381 e. The first-order valence-electron chi connectivity index (χ1n) is 6.63. The van der Waals surface area contributed by atoms with Crippen molar-refractivity contribution in [1.82, 2.24) is 10.2 Å². The summed E-state index contributed by atoms with van der Waals surface area (Å²) in [5, 5.41) is 3.33. The Morgan fingerprint density at radius 3 is 2.81 bits per heavy atom. The summed E-state index contributed by atoms with van der Waals surface area (Å²) >= 11 is 0. The number of unbranched alkanes of at least 4 members (excludes halogenated alkanes) is 1. The molecule has 96 valence electrons. The number of nitrogens with zero attached hydrogens (tertiary/aromatic N) is 1. The zero-order valence-electron chi connectivity index (χ0n) is 11.2. The van der Waals surface area contributed by atoms with Gasteiger partial charge in [-0.25, -0.2) is 0 Å². The first kappa shape index (κ1) is 13.9. The molecule has 3 nitrogen and oxygen atoms in total. The van der Waals surface area contributed by atoms with Gasteiger partial charge < -0.3 is 15.0 Å². The van der Waals surface area contributed by atoms with Gasteiger partial charge in [0.05, 0.1) is 6.61 Å². The predicted molar refractivity (Wildman–Crippen MR) is 68.8 cm³/mol. The second-order valence-electron chi connectivity index (χ2n) is 5.28. The summed E-state index contributed by atoms with van der Waals surface area (Å²) in [6.07, 6.45) is 5.08. The average molecular weight is 228 g/mol. The molecule has 1 fully saturated rings. The van der Waals surface area contributed by atoms with E-state index in [0.717, 1.165) is 26.3 Å². The fourth-order valence-electron chi connectivity index (χ4n) is 2.68. The highest BCUT2D eigenvalue weighted by atomic mass is 16.5. The van der Waals surface area contributed by atoms with Gasteiger partial charge in [0.25, 0.3) is 0 Å². The minimum atomic E-state index is 0.343. The number of hydrogen-bond donors (Lipinski definition) is 1. The molecule has 1 aliphatic heterocycles. The molecule has 0 aliphatic carbocycles. The molecular weight excluding hydrogens is 200 g/mol. The van der Waals surface area contributed by atoms with E-state index in [-0.39, 0.29) is 0 Å². The van der Waals surface area contributed by atoms with Crippen LogP contribution in [0, 0.1) is 5.41 Å². The molecule has 0 aromatic carbocycles. The Kier molecular flexibility index (Phi) is 6.32. The third-order valence-corrected chi connectivity index (χ3v) is 3.45. The van der Waals surface area contributed by atoms with Crippen LogP contribution in [-0.4, -0.2) is 51.8 Å². The number of nitrogens with one attached hydrogen (secondary N) is 1. The predicted octanol–water partition coefficient (Wildman–Crippen LogP) is 1.73. The van der Waals surface area contributed by atoms with Crippen molar-refractivity contribution in [2.45, 2.75) is 32.6 Å². The van der Waals surface area contributed by atoms with E-state index < -0.39 is 0 Å². The van der Waals surface area contributed by atoms with Crippen molar-refractivity contribution in [3.63, 3.8) is 0 Å². The van der Waals surface area contributed by atoms with E-state index >= 15 is 0 Å². The number of rotatable bonds is 7. The molecule has 0 saturated carbocycles. The summed E-state index contributed by atoms with van der Waals surface area (Å²) in [4.78, 5) is 2.47. The molecule has 1 heterocycles. The lowest BCUT2D eigenvalue weighted by Crippen LogP contribution is -2.47. The second kappa shape index (κ2) is 7.25. The number of hydrogen-bond acceptors (Lipinski definition) is 3. The second-order valence-corrected chi connectivity index (χ2v) is 5.28. The SMILES string of the molecule is CCCCN(C)CC1(CNC)CCCOC1. The maximum Gasteiger partial charge on any atom is 0.0546 e. The minimum absolute atomic E-state index is 0.343. The van der Waals surface area contributed by atoms with Crippen LogP contribution in [0.1, 0.15) is 32.6 Å². The van der Waals surface area contributed by atoms with Gasteiger partial charge in [0.15, 0.2) is 0 Å². The van der Waals surface area contributed by atoms with Crippen LogP contribution >= 0.6 is 0 Å². The van der Waals surface area contributed by atoms with Gasteiger partial charge in [0.2, 0.25) is 0 Å². The molecule has 0 amide bonds. The van der Waals surface area contributed by atoms with Crippen molar-refractivity contribution < 1.29 is 4.74 Å². The van der Waals surface area contributed by atoms with E-state index in [2.05, 4.69) is 24.2 Å². The lowest BCUT2D eigenvalue weighted by Gasteiger charge is -2.39. The molecule has 0 aromatic rings. The highest BCUT2D eigenvalue weighted by Gasteiger charge is 2.33. The Labute approximate surface area is 101 Å². The Hall–Kier alpha value is -0.120. The average Bonchev–Trinajstić information content (AvgIpc) is 2.28. The highest BCUT2D eigenvalue weighted by Crippen LogP contribution is 2.28. The molecule has 1 rings (SSSR count). The van der Waals surface area contributed by atoms with Gasteiger partial charge in [0, 0.05) is 25.1 Å². The van der Waals surface area contributed by atoms with Gasteiger partial charge in [0.1, 0.15) is 0 Å². The summed E-state index contributed by atoms with van der Waals surface area (Å²) in [6.45, 7) is 7.56. The van der Waals surface area contributed by atoms with E-state index in [1.54, 1.807) is 0 Å². The molecule has 0 aromatic heterocycles. The molecule has 1 saturated heterocycles. The molecule has 1 N–H and O–H groups in total. The Morgan fingerprint density at radius 1 is 1.44 bits per heavy atom. The summed E-state index contributed by atoms with van der Waals surface area (Å²) < 4.78 is 5.68. The first-order valence-corrected chi connectivity index (χ1v) is 6.63. The summed E-state index contributed by atoms with van der Waals surface area (Å²) in [7, 11) is 4.28. The quantitative estimate of drug-likeness (QED) is 0.718. The van der Waals surface area contributed by atoms with Crippen molar-refractivity contribution in [3.8, 4) is 0 Å². The first-order chi connectivity index (χ1) is 7.72. The lowest BCUT2D eigenvalue weighted by atomic mass is 9.82. The molecule has 1 unspecified atom stereocenters. The van der Waals surface area contributed by atoms with Gasteiger partial charge in [-0.2, -0.15) is 0 Å². The Bertz CT molecular complexity index is 173. The van der Waals surface area contributed by atoms with Crippen molar-refractivity contribution in [3.05, 3.63) is 0 Å². The summed E-state index contributed by atoms with van der Waals surface area (Å²) in [5.74, 6) is 0. The van der Waals surface area contributed by atoms with Gasteiger partial charge in [-0.3, -0.25) is 0 Å². The fourth-order valence-corrected chi connectivity index (χ4v) is 2.68. The molecular formula is C13H28N2O. The normalized spacial score (nSPS) is 26.2. The number of ether oxygens (including phenoxy) is 1. The fraction of sp³-hybridized carbons (Fsp3) is 1.00. The summed E-state index contributed by atoms with van der Waals surface area (Å²) in [6, 6.07) is 0. The zero-order chi connectivity index (χ0) is 11.9. The highest BCUT2D eigenvalue weighted by molar-refractivity contribution is 4.86. The Balaban J connectivity index is 2.42. The van der Waals surface area contributed by atoms with Crippen LogP contribution in [0.5, 0.6) is 0 Å². The topological polar surface area (TPSA) is 24.5 Å². The maximum atomic E-state index is 5.68. The van der Waals surface area contributed by atoms with Crippen LogP contribution in [0.25, 0.3) is 0 Å². The van der Waals surface area contributed by atoms with E-state index in [9.17, 15) is 0 Å². The van der Waals surface area contributed by atoms with Crippen molar-refractivity contribution >= 4 is 0 Å². The molecule has 1 atom stereocenters. The summed E-state index contributed by atoms with van der Waals surface area (Å²) in [5.41, 5.74) is 0.343. The lowest BCUT2D eigenvalue weighted by molar-refractivity contribution is -0.0219. The molecule has 3 heteroatoms. The monoisotopic (exact) mass is 228 g/mol. The minimum Gasteiger partial charge on any atom is -0.381 e. The third-order valence-electron chi connectivity index (χ3n) is 3.45. The van der Waals surface area contributed by atoms with Gasteiger partial charge in [-0.1, -0.05) is 13.3 Å². The van der Waals surface area contributed by atoms with Gasteiger partial charge >= 0.3 is 0 Å².